The SMILES string of the molecule is CCN(C(C)=O)c1nc(COC(=O)/C(=C/c2ccccc2OC)c2ccccc2)cs1. The summed E-state index contributed by atoms with van der Waals surface area (Å²) in [5.74, 6) is 0.119. The van der Waals surface area contributed by atoms with Crippen LogP contribution in [0.2, 0.25) is 0 Å². The van der Waals surface area contributed by atoms with E-state index in [1.165, 1.54) is 18.3 Å². The van der Waals surface area contributed by atoms with Crippen LogP contribution in [0.5, 0.6) is 5.75 Å². The fourth-order valence-corrected chi connectivity index (χ4v) is 3.93. The first-order valence-electron chi connectivity index (χ1n) is 9.83. The topological polar surface area (TPSA) is 68.7 Å². The first-order chi connectivity index (χ1) is 15.0. The molecular formula is C24H24N2O4S. The lowest BCUT2D eigenvalue weighted by Gasteiger charge is -2.14. The molecular weight excluding hydrogens is 412 g/mol. The zero-order valence-electron chi connectivity index (χ0n) is 17.7. The van der Waals surface area contributed by atoms with Crippen molar-refractivity contribution >= 4 is 40.0 Å². The lowest BCUT2D eigenvalue weighted by molar-refractivity contribution is -0.137. The minimum Gasteiger partial charge on any atom is -0.496 e. The number of hydrogen-bond acceptors (Lipinski definition) is 6. The molecule has 0 aliphatic rings. The van der Waals surface area contributed by atoms with Crippen molar-refractivity contribution in [2.75, 3.05) is 18.6 Å². The van der Waals surface area contributed by atoms with E-state index in [-0.39, 0.29) is 12.5 Å². The van der Waals surface area contributed by atoms with Crippen LogP contribution in [0.25, 0.3) is 11.6 Å². The summed E-state index contributed by atoms with van der Waals surface area (Å²) in [4.78, 5) is 30.7. The van der Waals surface area contributed by atoms with Gasteiger partial charge in [-0.1, -0.05) is 48.5 Å². The molecule has 0 N–H and O–H groups in total. The van der Waals surface area contributed by atoms with Crippen LogP contribution in [0.15, 0.2) is 60.0 Å². The van der Waals surface area contributed by atoms with Crippen molar-refractivity contribution in [3.05, 3.63) is 76.8 Å². The molecule has 0 saturated heterocycles. The van der Waals surface area contributed by atoms with Crippen molar-refractivity contribution in [2.24, 2.45) is 0 Å². The summed E-state index contributed by atoms with van der Waals surface area (Å²) >= 11 is 1.35. The highest BCUT2D eigenvalue weighted by Crippen LogP contribution is 2.26. The lowest BCUT2D eigenvalue weighted by Crippen LogP contribution is -2.27. The van der Waals surface area contributed by atoms with E-state index in [4.69, 9.17) is 9.47 Å². The number of carbonyl (C=O) groups is 2. The highest BCUT2D eigenvalue weighted by molar-refractivity contribution is 7.14. The van der Waals surface area contributed by atoms with E-state index in [0.29, 0.717) is 28.7 Å². The van der Waals surface area contributed by atoms with Crippen LogP contribution in [-0.4, -0.2) is 30.5 Å². The number of hydrogen-bond donors (Lipinski definition) is 0. The molecule has 0 aliphatic carbocycles. The number of aromatic nitrogens is 1. The third-order valence-electron chi connectivity index (χ3n) is 4.56. The van der Waals surface area contributed by atoms with E-state index >= 15 is 0 Å². The third kappa shape index (κ3) is 5.58. The minimum absolute atomic E-state index is 0.0148. The monoisotopic (exact) mass is 436 g/mol. The van der Waals surface area contributed by atoms with Crippen LogP contribution in [0, 0.1) is 0 Å². The summed E-state index contributed by atoms with van der Waals surface area (Å²) in [6.45, 7) is 3.93. The summed E-state index contributed by atoms with van der Waals surface area (Å²) in [6.07, 6.45) is 1.76. The van der Waals surface area contributed by atoms with Crippen molar-refractivity contribution < 1.29 is 19.1 Å². The van der Waals surface area contributed by atoms with Gasteiger partial charge in [0.05, 0.1) is 18.4 Å². The standard InChI is InChI=1S/C24H24N2O4S/c1-4-26(17(2)27)24-25-20(16-31-24)15-30-23(28)21(18-10-6-5-7-11-18)14-19-12-8-9-13-22(19)29-3/h5-14,16H,4,15H2,1-3H3/b21-14+. The van der Waals surface area contributed by atoms with E-state index in [2.05, 4.69) is 4.98 Å². The molecule has 0 atom stereocenters. The summed E-state index contributed by atoms with van der Waals surface area (Å²) in [5, 5.41) is 2.38. The molecule has 3 rings (SSSR count). The Labute approximate surface area is 185 Å². The van der Waals surface area contributed by atoms with Gasteiger partial charge in [0.2, 0.25) is 5.91 Å². The van der Waals surface area contributed by atoms with Gasteiger partial charge in [0.25, 0.3) is 0 Å². The van der Waals surface area contributed by atoms with Crippen molar-refractivity contribution in [2.45, 2.75) is 20.5 Å². The van der Waals surface area contributed by atoms with Crippen LogP contribution in [0.4, 0.5) is 5.13 Å². The van der Waals surface area contributed by atoms with E-state index in [1.807, 2.05) is 61.5 Å². The normalized spacial score (nSPS) is 11.1. The highest BCUT2D eigenvalue weighted by Gasteiger charge is 2.17. The molecule has 1 amide bonds. The molecule has 0 saturated carbocycles. The van der Waals surface area contributed by atoms with Gasteiger partial charge in [0, 0.05) is 24.4 Å². The quantitative estimate of drug-likeness (QED) is 0.288. The largest absolute Gasteiger partial charge is 0.496 e. The van der Waals surface area contributed by atoms with Gasteiger partial charge in [-0.3, -0.25) is 9.69 Å². The Morgan fingerprint density at radius 3 is 2.48 bits per heavy atom. The molecule has 7 heteroatoms. The second kappa shape index (κ2) is 10.5. The van der Waals surface area contributed by atoms with Gasteiger partial charge >= 0.3 is 5.97 Å². The summed E-state index contributed by atoms with van der Waals surface area (Å²) in [7, 11) is 1.59. The second-order valence-electron chi connectivity index (χ2n) is 6.63. The number of thiazole rings is 1. The number of carbonyl (C=O) groups excluding carboxylic acids is 2. The van der Waals surface area contributed by atoms with Gasteiger partial charge in [-0.25, -0.2) is 9.78 Å². The fourth-order valence-electron chi connectivity index (χ4n) is 3.02. The Hall–Kier alpha value is -3.45. The summed E-state index contributed by atoms with van der Waals surface area (Å²) in [6, 6.07) is 16.8. The fraction of sp³-hybridized carbons (Fsp3) is 0.208. The maximum absolute atomic E-state index is 13.0. The van der Waals surface area contributed by atoms with Crippen LogP contribution in [0.3, 0.4) is 0 Å². The number of rotatable bonds is 8. The first-order valence-corrected chi connectivity index (χ1v) is 10.7. The van der Waals surface area contributed by atoms with E-state index in [1.54, 1.807) is 23.5 Å². The average molecular weight is 437 g/mol. The molecule has 3 aromatic rings. The molecule has 1 heterocycles. The molecule has 0 spiro atoms. The van der Waals surface area contributed by atoms with Crippen molar-refractivity contribution in [1.29, 1.82) is 0 Å². The number of para-hydroxylation sites is 1. The number of benzene rings is 2. The Bertz CT molecular complexity index is 1080. The number of ether oxygens (including phenoxy) is 2. The minimum atomic E-state index is -0.467. The first kappa shape index (κ1) is 22.2. The zero-order valence-corrected chi connectivity index (χ0v) is 18.5. The van der Waals surface area contributed by atoms with Crippen LogP contribution in [0.1, 0.15) is 30.7 Å². The molecule has 2 aromatic carbocycles. The predicted octanol–water partition coefficient (Wildman–Crippen LogP) is 4.81. The lowest BCUT2D eigenvalue weighted by atomic mass is 10.0. The molecule has 31 heavy (non-hydrogen) atoms. The number of amides is 1. The molecule has 0 radical (unpaired) electrons. The van der Waals surface area contributed by atoms with Crippen molar-refractivity contribution in [3.63, 3.8) is 0 Å². The van der Waals surface area contributed by atoms with Crippen LogP contribution < -0.4 is 9.64 Å². The van der Waals surface area contributed by atoms with Gasteiger partial charge < -0.3 is 9.47 Å². The van der Waals surface area contributed by atoms with Crippen LogP contribution >= 0.6 is 11.3 Å². The van der Waals surface area contributed by atoms with Gasteiger partial charge in [0.1, 0.15) is 12.4 Å². The Morgan fingerprint density at radius 2 is 1.81 bits per heavy atom. The zero-order chi connectivity index (χ0) is 22.2. The maximum atomic E-state index is 13.0. The smallest absolute Gasteiger partial charge is 0.339 e. The van der Waals surface area contributed by atoms with Gasteiger partial charge in [-0.15, -0.1) is 11.3 Å². The highest BCUT2D eigenvalue weighted by atomic mass is 32.1. The number of anilines is 1. The third-order valence-corrected chi connectivity index (χ3v) is 5.47. The molecule has 0 fully saturated rings. The van der Waals surface area contributed by atoms with Gasteiger partial charge in [-0.05, 0) is 24.6 Å². The van der Waals surface area contributed by atoms with Crippen LogP contribution in [-0.2, 0) is 20.9 Å². The van der Waals surface area contributed by atoms with E-state index in [0.717, 1.165) is 11.1 Å². The summed E-state index contributed by atoms with van der Waals surface area (Å²) < 4.78 is 11.0. The number of methoxy groups -OCH3 is 1. The Kier molecular flexibility index (Phi) is 7.56. The van der Waals surface area contributed by atoms with Gasteiger partial charge in [-0.2, -0.15) is 0 Å². The van der Waals surface area contributed by atoms with Crippen molar-refractivity contribution in [1.82, 2.24) is 4.98 Å². The maximum Gasteiger partial charge on any atom is 0.339 e. The van der Waals surface area contributed by atoms with Crippen molar-refractivity contribution in [3.8, 4) is 5.75 Å². The molecule has 6 nitrogen and oxygen atoms in total. The predicted molar refractivity (Wildman–Crippen MR) is 123 cm³/mol. The van der Waals surface area contributed by atoms with E-state index < -0.39 is 5.97 Å². The Balaban J connectivity index is 1.83. The molecule has 1 aromatic heterocycles. The summed E-state index contributed by atoms with van der Waals surface area (Å²) in [5.41, 5.74) is 2.53. The molecule has 0 aliphatic heterocycles. The Morgan fingerprint density at radius 1 is 1.10 bits per heavy atom. The molecule has 160 valence electrons. The average Bonchev–Trinajstić information content (AvgIpc) is 3.25. The molecule has 0 bridgehead atoms. The molecule has 0 unspecified atom stereocenters. The van der Waals surface area contributed by atoms with E-state index in [9.17, 15) is 9.59 Å². The number of esters is 1. The number of nitrogens with zero attached hydrogens (tertiary/aromatic N) is 2. The second-order valence-corrected chi connectivity index (χ2v) is 7.46. The van der Waals surface area contributed by atoms with Gasteiger partial charge in [0.15, 0.2) is 5.13 Å².